The van der Waals surface area contributed by atoms with Gasteiger partial charge in [0.1, 0.15) is 5.75 Å². The average molecular weight is 596 g/mol. The molecule has 0 radical (unpaired) electrons. The molecule has 10 heteroatoms. The lowest BCUT2D eigenvalue weighted by Crippen LogP contribution is -2.30. The Kier molecular flexibility index (Phi) is 10.9. The van der Waals surface area contributed by atoms with Gasteiger partial charge in [0.15, 0.2) is 0 Å². The summed E-state index contributed by atoms with van der Waals surface area (Å²) in [7, 11) is -3.86. The van der Waals surface area contributed by atoms with Crippen molar-refractivity contribution < 1.29 is 17.9 Å². The number of hydrazine groups is 1. The van der Waals surface area contributed by atoms with Gasteiger partial charge in [-0.2, -0.15) is 0 Å². The maximum absolute atomic E-state index is 12.8. The lowest BCUT2D eigenvalue weighted by Gasteiger charge is -2.30. The number of rotatable bonds is 14. The number of carbonyl (C=O) groups is 1. The molecule has 0 spiro atoms. The number of benzene rings is 3. The van der Waals surface area contributed by atoms with Crippen LogP contribution in [-0.2, 0) is 20.9 Å². The van der Waals surface area contributed by atoms with Gasteiger partial charge in [-0.1, -0.05) is 59.7 Å². The lowest BCUT2D eigenvalue weighted by atomic mass is 9.76. The number of nitrogen functional groups attached to an aromatic ring is 1. The molecule has 228 valence electrons. The molecular weight excluding hydrogens is 550 g/mol. The van der Waals surface area contributed by atoms with Crippen molar-refractivity contribution in [2.75, 3.05) is 28.6 Å². The van der Waals surface area contributed by atoms with Crippen molar-refractivity contribution in [2.24, 2.45) is 5.84 Å². The molecule has 0 atom stereocenters. The third-order valence-electron chi connectivity index (χ3n) is 7.83. The number of ether oxygens (including phenoxy) is 1. The van der Waals surface area contributed by atoms with Crippen LogP contribution in [0, 0.1) is 0 Å². The Labute approximate surface area is 250 Å². The van der Waals surface area contributed by atoms with Crippen LogP contribution >= 0.6 is 0 Å². The number of amides is 2. The van der Waals surface area contributed by atoms with E-state index in [1.807, 2.05) is 0 Å². The highest BCUT2D eigenvalue weighted by Crippen LogP contribution is 2.38. The summed E-state index contributed by atoms with van der Waals surface area (Å²) in [6.07, 6.45) is 2.64. The first-order valence-electron chi connectivity index (χ1n) is 14.3. The third-order valence-corrected chi connectivity index (χ3v) is 9.21. The van der Waals surface area contributed by atoms with Gasteiger partial charge in [0.2, 0.25) is 0 Å². The molecule has 2 amide bonds. The highest BCUT2D eigenvalue weighted by Gasteiger charge is 2.26. The van der Waals surface area contributed by atoms with Crippen LogP contribution in [0.2, 0.25) is 0 Å². The first-order valence-corrected chi connectivity index (χ1v) is 15.8. The molecule has 0 bridgehead atoms. The van der Waals surface area contributed by atoms with E-state index in [0.717, 1.165) is 18.6 Å². The maximum atomic E-state index is 12.8. The van der Waals surface area contributed by atoms with Gasteiger partial charge in [-0.15, -0.1) is 0 Å². The van der Waals surface area contributed by atoms with Crippen molar-refractivity contribution in [2.45, 2.75) is 76.5 Å². The van der Waals surface area contributed by atoms with Crippen LogP contribution in [0.15, 0.2) is 71.6 Å². The number of hydrogen-bond donors (Lipinski definition) is 5. The normalized spacial score (nSPS) is 12.0. The van der Waals surface area contributed by atoms with Crippen LogP contribution in [0.3, 0.4) is 0 Å². The molecule has 0 aliphatic heterocycles. The van der Waals surface area contributed by atoms with E-state index in [1.165, 1.54) is 23.3 Å². The molecule has 3 aromatic rings. The SMILES string of the molecule is CCC(C)(C)c1ccc(OCCCNC(=O)Nc2cccc(S(=O)(=O)Nc3ccc(NN)cc3)c2)c(C(C)(C)CC)c1. The second-order valence-electron chi connectivity index (χ2n) is 11.6. The van der Waals surface area contributed by atoms with Crippen molar-refractivity contribution in [3.63, 3.8) is 0 Å². The van der Waals surface area contributed by atoms with Gasteiger partial charge >= 0.3 is 6.03 Å². The highest BCUT2D eigenvalue weighted by atomic mass is 32.2. The van der Waals surface area contributed by atoms with Gasteiger partial charge in [-0.05, 0) is 84.2 Å². The van der Waals surface area contributed by atoms with Crippen molar-refractivity contribution in [1.82, 2.24) is 5.32 Å². The highest BCUT2D eigenvalue weighted by molar-refractivity contribution is 7.92. The molecule has 3 rings (SSSR count). The Morgan fingerprint density at radius 2 is 1.52 bits per heavy atom. The van der Waals surface area contributed by atoms with Crippen LogP contribution in [0.4, 0.5) is 21.9 Å². The minimum Gasteiger partial charge on any atom is -0.493 e. The Balaban J connectivity index is 1.54. The summed E-state index contributed by atoms with van der Waals surface area (Å²) in [5.41, 5.74) is 6.44. The van der Waals surface area contributed by atoms with Gasteiger partial charge in [0.25, 0.3) is 10.0 Å². The zero-order valence-electron chi connectivity index (χ0n) is 25.5. The minimum atomic E-state index is -3.86. The van der Waals surface area contributed by atoms with E-state index in [1.54, 1.807) is 36.4 Å². The summed E-state index contributed by atoms with van der Waals surface area (Å²) in [5, 5.41) is 5.51. The summed E-state index contributed by atoms with van der Waals surface area (Å²) in [4.78, 5) is 12.5. The fourth-order valence-electron chi connectivity index (χ4n) is 4.22. The Morgan fingerprint density at radius 3 is 2.17 bits per heavy atom. The van der Waals surface area contributed by atoms with Crippen LogP contribution in [-0.4, -0.2) is 27.6 Å². The zero-order chi connectivity index (χ0) is 31.0. The van der Waals surface area contributed by atoms with E-state index in [4.69, 9.17) is 10.6 Å². The second-order valence-corrected chi connectivity index (χ2v) is 13.3. The first kappa shape index (κ1) is 32.8. The van der Waals surface area contributed by atoms with E-state index in [0.29, 0.717) is 36.6 Å². The van der Waals surface area contributed by atoms with Crippen molar-refractivity contribution >= 4 is 33.1 Å². The molecule has 6 N–H and O–H groups in total. The van der Waals surface area contributed by atoms with E-state index in [9.17, 15) is 13.2 Å². The quantitative estimate of drug-likeness (QED) is 0.0796. The van der Waals surface area contributed by atoms with Gasteiger partial charge in [0.05, 0.1) is 11.5 Å². The van der Waals surface area contributed by atoms with Crippen molar-refractivity contribution in [3.05, 3.63) is 77.9 Å². The number of urea groups is 1. The van der Waals surface area contributed by atoms with Crippen LogP contribution in [0.1, 0.15) is 71.9 Å². The predicted molar refractivity (Wildman–Crippen MR) is 172 cm³/mol. The molecule has 0 aromatic heterocycles. The summed E-state index contributed by atoms with van der Waals surface area (Å²) in [6, 6.07) is 18.6. The Morgan fingerprint density at radius 1 is 0.857 bits per heavy atom. The minimum absolute atomic E-state index is 0.0221. The van der Waals surface area contributed by atoms with Crippen LogP contribution < -0.4 is 31.4 Å². The van der Waals surface area contributed by atoms with Crippen LogP contribution in [0.25, 0.3) is 0 Å². The molecule has 3 aromatic carbocycles. The summed E-state index contributed by atoms with van der Waals surface area (Å²) in [5.74, 6) is 6.23. The number of sulfonamides is 1. The number of nitrogens with two attached hydrogens (primary N) is 1. The number of carbonyl (C=O) groups excluding carboxylic acids is 1. The fraction of sp³-hybridized carbons (Fsp3) is 0.406. The summed E-state index contributed by atoms with van der Waals surface area (Å²) >= 11 is 0. The first-order chi connectivity index (χ1) is 19.8. The fourth-order valence-corrected chi connectivity index (χ4v) is 5.33. The standard InChI is InChI=1S/C32H45N5O4S/c1-7-31(3,4)23-13-18-29(28(21-23)32(5,6)8-2)41-20-10-19-34-30(38)35-26-11-9-12-27(22-26)42(39,40)37-25-16-14-24(36-33)15-17-25/h9,11-18,21-22,36-37H,7-8,10,19-20,33H2,1-6H3,(H2,34,35,38). The monoisotopic (exact) mass is 595 g/mol. The van der Waals surface area contributed by atoms with Gasteiger partial charge in [-0.25, -0.2) is 13.2 Å². The molecule has 0 fully saturated rings. The second kappa shape index (κ2) is 13.9. The average Bonchev–Trinajstić information content (AvgIpc) is 2.97. The molecule has 0 heterocycles. The lowest BCUT2D eigenvalue weighted by molar-refractivity contribution is 0.250. The Hall–Kier alpha value is -3.76. The topological polar surface area (TPSA) is 135 Å². The molecule has 9 nitrogen and oxygen atoms in total. The van der Waals surface area contributed by atoms with E-state index in [-0.39, 0.29) is 15.7 Å². The van der Waals surface area contributed by atoms with Gasteiger partial charge in [0, 0.05) is 29.2 Å². The van der Waals surface area contributed by atoms with E-state index >= 15 is 0 Å². The molecule has 0 unspecified atom stereocenters. The van der Waals surface area contributed by atoms with E-state index < -0.39 is 16.1 Å². The number of hydrogen-bond acceptors (Lipinski definition) is 6. The molecular formula is C32H45N5O4S. The van der Waals surface area contributed by atoms with Crippen LogP contribution in [0.5, 0.6) is 5.75 Å². The van der Waals surface area contributed by atoms with Gasteiger partial charge in [-0.3, -0.25) is 10.6 Å². The van der Waals surface area contributed by atoms with Crippen molar-refractivity contribution in [3.8, 4) is 5.75 Å². The third kappa shape index (κ3) is 8.62. The van der Waals surface area contributed by atoms with Gasteiger partial charge < -0.3 is 20.8 Å². The summed E-state index contributed by atoms with van der Waals surface area (Å²) in [6.45, 7) is 14.2. The Bertz CT molecular complexity index is 1450. The largest absolute Gasteiger partial charge is 0.493 e. The number of anilines is 3. The smallest absolute Gasteiger partial charge is 0.319 e. The molecule has 0 aliphatic rings. The maximum Gasteiger partial charge on any atom is 0.319 e. The molecule has 0 saturated heterocycles. The zero-order valence-corrected chi connectivity index (χ0v) is 26.3. The summed E-state index contributed by atoms with van der Waals surface area (Å²) < 4.78 is 34.4. The van der Waals surface area contributed by atoms with Crippen molar-refractivity contribution in [1.29, 1.82) is 0 Å². The molecule has 42 heavy (non-hydrogen) atoms. The predicted octanol–water partition coefficient (Wildman–Crippen LogP) is 6.74. The molecule has 0 saturated carbocycles. The molecule has 0 aliphatic carbocycles. The van der Waals surface area contributed by atoms with E-state index in [2.05, 4.69) is 80.5 Å². The number of nitrogens with one attached hydrogen (secondary N) is 4.